The van der Waals surface area contributed by atoms with Gasteiger partial charge in [-0.15, -0.1) is 0 Å². The van der Waals surface area contributed by atoms with Crippen LogP contribution in [0.25, 0.3) is 11.0 Å². The van der Waals surface area contributed by atoms with E-state index in [-0.39, 0.29) is 5.91 Å². The van der Waals surface area contributed by atoms with Gasteiger partial charge in [-0.1, -0.05) is 12.1 Å². The van der Waals surface area contributed by atoms with Gasteiger partial charge in [0.05, 0.1) is 18.2 Å². The van der Waals surface area contributed by atoms with Gasteiger partial charge in [0.2, 0.25) is 0 Å². The normalized spacial score (nSPS) is 10.9. The lowest BCUT2D eigenvalue weighted by Crippen LogP contribution is -2.12. The van der Waals surface area contributed by atoms with E-state index in [9.17, 15) is 4.79 Å². The van der Waals surface area contributed by atoms with Crippen molar-refractivity contribution in [1.82, 2.24) is 24.7 Å². The number of anilines is 1. The first kappa shape index (κ1) is 15.1. The molecule has 0 fully saturated rings. The van der Waals surface area contributed by atoms with Crippen LogP contribution >= 0.6 is 0 Å². The van der Waals surface area contributed by atoms with E-state index in [1.807, 2.05) is 48.0 Å². The molecule has 0 aliphatic rings. The molecule has 0 aliphatic heterocycles. The van der Waals surface area contributed by atoms with Gasteiger partial charge >= 0.3 is 0 Å². The molecule has 0 radical (unpaired) electrons. The maximum absolute atomic E-state index is 12.4. The number of benzene rings is 1. The van der Waals surface area contributed by atoms with Gasteiger partial charge in [0.15, 0.2) is 5.65 Å². The minimum absolute atomic E-state index is 0.170. The van der Waals surface area contributed by atoms with Crippen LogP contribution in [0.1, 0.15) is 21.6 Å². The maximum Gasteiger partial charge on any atom is 0.255 e. The molecule has 0 unspecified atom stereocenters. The fourth-order valence-corrected chi connectivity index (χ4v) is 2.64. The summed E-state index contributed by atoms with van der Waals surface area (Å²) in [4.78, 5) is 20.7. The number of nitrogens with one attached hydrogen (secondary N) is 2. The van der Waals surface area contributed by atoms with E-state index in [2.05, 4.69) is 25.5 Å². The van der Waals surface area contributed by atoms with Crippen LogP contribution in [-0.2, 0) is 6.54 Å². The molecule has 3 aromatic heterocycles. The van der Waals surface area contributed by atoms with Gasteiger partial charge in [0.25, 0.3) is 5.91 Å². The highest BCUT2D eigenvalue weighted by atomic mass is 16.1. The smallest absolute Gasteiger partial charge is 0.255 e. The average molecular weight is 332 g/mol. The Bertz CT molecular complexity index is 1020. The number of aromatic nitrogens is 5. The summed E-state index contributed by atoms with van der Waals surface area (Å²) in [6.45, 7) is 2.64. The Morgan fingerprint density at radius 2 is 2.12 bits per heavy atom. The Labute approximate surface area is 143 Å². The van der Waals surface area contributed by atoms with Crippen LogP contribution in [0.15, 0.2) is 55.2 Å². The molecule has 0 spiro atoms. The summed E-state index contributed by atoms with van der Waals surface area (Å²) >= 11 is 0. The second-order valence-electron chi connectivity index (χ2n) is 5.83. The highest BCUT2D eigenvalue weighted by Gasteiger charge is 2.09. The Morgan fingerprint density at radius 3 is 2.88 bits per heavy atom. The predicted molar refractivity (Wildman–Crippen MR) is 94.3 cm³/mol. The van der Waals surface area contributed by atoms with Crippen molar-refractivity contribution < 1.29 is 4.79 Å². The fraction of sp³-hybridized carbons (Fsp3) is 0.111. The van der Waals surface area contributed by atoms with Crippen LogP contribution in [-0.4, -0.2) is 30.6 Å². The minimum atomic E-state index is -0.170. The highest BCUT2D eigenvalue weighted by molar-refractivity contribution is 6.04. The minimum Gasteiger partial charge on any atom is -0.333 e. The Balaban J connectivity index is 1.49. The molecule has 7 nitrogen and oxygen atoms in total. The van der Waals surface area contributed by atoms with Crippen LogP contribution < -0.4 is 5.32 Å². The number of H-pyrrole nitrogens is 1. The number of amides is 1. The third-order valence-electron chi connectivity index (χ3n) is 4.00. The van der Waals surface area contributed by atoms with Gasteiger partial charge in [0, 0.05) is 35.6 Å². The summed E-state index contributed by atoms with van der Waals surface area (Å²) in [5, 5.41) is 10.7. The first-order valence-corrected chi connectivity index (χ1v) is 7.86. The van der Waals surface area contributed by atoms with Gasteiger partial charge in [-0.25, -0.2) is 9.97 Å². The van der Waals surface area contributed by atoms with Crippen molar-refractivity contribution in [2.24, 2.45) is 0 Å². The lowest BCUT2D eigenvalue weighted by Gasteiger charge is -2.07. The number of rotatable bonds is 4. The quantitative estimate of drug-likeness (QED) is 0.601. The largest absolute Gasteiger partial charge is 0.333 e. The van der Waals surface area contributed by atoms with Gasteiger partial charge in [0.1, 0.15) is 0 Å². The molecule has 0 bridgehead atoms. The predicted octanol–water partition coefficient (Wildman–Crippen LogP) is 2.76. The van der Waals surface area contributed by atoms with Crippen LogP contribution in [0, 0.1) is 6.92 Å². The summed E-state index contributed by atoms with van der Waals surface area (Å²) in [6, 6.07) is 9.38. The number of fused-ring (bicyclic) bond motifs is 1. The Morgan fingerprint density at radius 1 is 1.28 bits per heavy atom. The zero-order chi connectivity index (χ0) is 17.2. The van der Waals surface area contributed by atoms with Crippen molar-refractivity contribution >= 4 is 22.6 Å². The molecule has 0 saturated carbocycles. The first-order chi connectivity index (χ1) is 12.2. The molecule has 1 amide bonds. The molecule has 4 aromatic rings. The summed E-state index contributed by atoms with van der Waals surface area (Å²) < 4.78 is 1.98. The zero-order valence-electron chi connectivity index (χ0n) is 13.6. The second kappa shape index (κ2) is 6.20. The van der Waals surface area contributed by atoms with Crippen LogP contribution in [0.5, 0.6) is 0 Å². The number of carbonyl (C=O) groups excluding carboxylic acids is 1. The molecular formula is C18H16N6O. The Hall–Kier alpha value is -3.48. The summed E-state index contributed by atoms with van der Waals surface area (Å²) in [5.74, 6) is -0.170. The fourth-order valence-electron chi connectivity index (χ4n) is 2.64. The number of hydrogen-bond acceptors (Lipinski definition) is 4. The number of imidazole rings is 1. The standard InChI is InChI=1S/C18H16N6O/c1-12-16-8-15(9-20-17(16)23-22-12)21-18(25)14-4-2-13(3-5-14)10-24-7-6-19-11-24/h2-9,11H,10H2,1H3,(H,21,25)(H,20,22,23). The summed E-state index contributed by atoms with van der Waals surface area (Å²) in [6.07, 6.45) is 7.02. The van der Waals surface area contributed by atoms with E-state index >= 15 is 0 Å². The third-order valence-corrected chi connectivity index (χ3v) is 4.00. The van der Waals surface area contributed by atoms with Crippen molar-refractivity contribution in [3.05, 3.63) is 72.1 Å². The monoisotopic (exact) mass is 332 g/mol. The molecule has 124 valence electrons. The van der Waals surface area contributed by atoms with Crippen molar-refractivity contribution in [2.45, 2.75) is 13.5 Å². The molecule has 0 saturated heterocycles. The van der Waals surface area contributed by atoms with Crippen molar-refractivity contribution in [3.63, 3.8) is 0 Å². The number of hydrogen-bond donors (Lipinski definition) is 2. The molecular weight excluding hydrogens is 316 g/mol. The molecule has 0 aliphatic carbocycles. The maximum atomic E-state index is 12.4. The number of pyridine rings is 1. The Kier molecular flexibility index (Phi) is 3.74. The number of aromatic amines is 1. The number of carbonyl (C=O) groups is 1. The number of aryl methyl sites for hydroxylation is 1. The SMILES string of the molecule is Cc1[nH]nc2ncc(NC(=O)c3ccc(Cn4ccnc4)cc3)cc12. The average Bonchev–Trinajstić information content (AvgIpc) is 3.26. The van der Waals surface area contributed by atoms with E-state index in [1.54, 1.807) is 18.7 Å². The van der Waals surface area contributed by atoms with Crippen LogP contribution in [0.2, 0.25) is 0 Å². The molecule has 4 rings (SSSR count). The lowest BCUT2D eigenvalue weighted by atomic mass is 10.1. The zero-order valence-corrected chi connectivity index (χ0v) is 13.6. The molecule has 1 aromatic carbocycles. The molecule has 0 atom stereocenters. The van der Waals surface area contributed by atoms with Crippen molar-refractivity contribution in [2.75, 3.05) is 5.32 Å². The van der Waals surface area contributed by atoms with Gasteiger partial charge in [-0.2, -0.15) is 5.10 Å². The van der Waals surface area contributed by atoms with Gasteiger partial charge in [-0.3, -0.25) is 9.89 Å². The van der Waals surface area contributed by atoms with Crippen molar-refractivity contribution in [3.8, 4) is 0 Å². The van der Waals surface area contributed by atoms with Crippen LogP contribution in [0.4, 0.5) is 5.69 Å². The highest BCUT2D eigenvalue weighted by Crippen LogP contribution is 2.18. The second-order valence-corrected chi connectivity index (χ2v) is 5.83. The topological polar surface area (TPSA) is 88.5 Å². The van der Waals surface area contributed by atoms with E-state index in [1.165, 1.54) is 0 Å². The van der Waals surface area contributed by atoms with Crippen LogP contribution in [0.3, 0.4) is 0 Å². The van der Waals surface area contributed by atoms with Crippen molar-refractivity contribution in [1.29, 1.82) is 0 Å². The third kappa shape index (κ3) is 3.12. The molecule has 25 heavy (non-hydrogen) atoms. The lowest BCUT2D eigenvalue weighted by molar-refractivity contribution is 0.102. The van der Waals surface area contributed by atoms with E-state index < -0.39 is 0 Å². The number of nitrogens with zero attached hydrogens (tertiary/aromatic N) is 4. The van der Waals surface area contributed by atoms with Gasteiger partial charge < -0.3 is 9.88 Å². The summed E-state index contributed by atoms with van der Waals surface area (Å²) in [7, 11) is 0. The summed E-state index contributed by atoms with van der Waals surface area (Å²) in [5.41, 5.74) is 3.90. The molecule has 3 heterocycles. The van der Waals surface area contributed by atoms with Gasteiger partial charge in [-0.05, 0) is 30.7 Å². The van der Waals surface area contributed by atoms with E-state index in [0.29, 0.717) is 16.9 Å². The first-order valence-electron chi connectivity index (χ1n) is 7.86. The molecule has 2 N–H and O–H groups in total. The van der Waals surface area contributed by atoms with E-state index in [4.69, 9.17) is 0 Å². The molecule has 7 heteroatoms. The van der Waals surface area contributed by atoms with E-state index in [0.717, 1.165) is 23.2 Å².